The molecule has 40 heavy (non-hydrogen) atoms. The third-order valence-electron chi connectivity index (χ3n) is 8.01. The zero-order valence-corrected chi connectivity index (χ0v) is 22.7. The van der Waals surface area contributed by atoms with Crippen LogP contribution in [-0.2, 0) is 40.3 Å². The number of hydrogen-bond acceptors (Lipinski definition) is 7. The predicted octanol–water partition coefficient (Wildman–Crippen LogP) is 4.56. The summed E-state index contributed by atoms with van der Waals surface area (Å²) >= 11 is 0. The van der Waals surface area contributed by atoms with Crippen LogP contribution in [0, 0.1) is 12.8 Å². The summed E-state index contributed by atoms with van der Waals surface area (Å²) in [6.45, 7) is 6.14. The first kappa shape index (κ1) is 26.0. The molecular weight excluding hydrogens is 508 g/mol. The van der Waals surface area contributed by atoms with E-state index < -0.39 is 12.1 Å². The van der Waals surface area contributed by atoms with Gasteiger partial charge >= 0.3 is 11.9 Å². The molecule has 2 aromatic heterocycles. The molecule has 6 rings (SSSR count). The van der Waals surface area contributed by atoms with Crippen molar-refractivity contribution in [2.24, 2.45) is 5.92 Å². The Morgan fingerprint density at radius 1 is 1.15 bits per heavy atom. The number of hydrogen-bond donors (Lipinski definition) is 1. The lowest BCUT2D eigenvalue weighted by atomic mass is 9.97. The highest BCUT2D eigenvalue weighted by molar-refractivity contribution is 5.90. The van der Waals surface area contributed by atoms with Crippen LogP contribution >= 0.6 is 0 Å². The maximum absolute atomic E-state index is 13.3. The molecule has 8 nitrogen and oxygen atoms in total. The van der Waals surface area contributed by atoms with Crippen LogP contribution in [0.15, 0.2) is 53.3 Å². The van der Waals surface area contributed by atoms with E-state index in [9.17, 15) is 19.5 Å². The summed E-state index contributed by atoms with van der Waals surface area (Å²) in [5.41, 5.74) is 6.53. The van der Waals surface area contributed by atoms with Crippen LogP contribution in [0.3, 0.4) is 0 Å². The number of ether oxygens (including phenoxy) is 2. The molecule has 204 valence electrons. The van der Waals surface area contributed by atoms with Gasteiger partial charge in [0.15, 0.2) is 6.10 Å². The maximum atomic E-state index is 13.3. The number of benzene rings is 2. The Kier molecular flexibility index (Phi) is 6.50. The molecule has 0 saturated carbocycles. The lowest BCUT2D eigenvalue weighted by Crippen LogP contribution is -2.32. The molecule has 0 amide bonds. The molecule has 2 atom stereocenters. The fraction of sp³-hybridized carbons (Fsp3) is 0.312. The van der Waals surface area contributed by atoms with Crippen molar-refractivity contribution in [3.63, 3.8) is 0 Å². The lowest BCUT2D eigenvalue weighted by Gasteiger charge is -2.21. The van der Waals surface area contributed by atoms with Crippen LogP contribution in [0.5, 0.6) is 5.75 Å². The highest BCUT2D eigenvalue weighted by Gasteiger charge is 2.34. The number of fused-ring (bicyclic) bond motifs is 5. The highest BCUT2D eigenvalue weighted by atomic mass is 16.5. The van der Waals surface area contributed by atoms with Gasteiger partial charge in [0.05, 0.1) is 34.9 Å². The van der Waals surface area contributed by atoms with Crippen LogP contribution in [0.2, 0.25) is 0 Å². The standard InChI is InChI=1S/C32H30N2O6/c1-4-21-22-13-20(40-31(37)18(3)7-10-19-8-5-17(2)6-9-19)11-12-26(22)33-28-24(21)15-34-27(28)14-23-25(30(34)36)16-39-32(38)29(23)35/h5-6,8-9,11-14,18,29,35H,4,7,10,15-16H2,1-3H3. The van der Waals surface area contributed by atoms with Gasteiger partial charge in [-0.2, -0.15) is 0 Å². The van der Waals surface area contributed by atoms with Gasteiger partial charge in [0.2, 0.25) is 0 Å². The summed E-state index contributed by atoms with van der Waals surface area (Å²) in [5.74, 6) is -0.849. The molecule has 2 aromatic carbocycles. The van der Waals surface area contributed by atoms with Crippen molar-refractivity contribution in [2.75, 3.05) is 0 Å². The number of cyclic esters (lactones) is 1. The van der Waals surface area contributed by atoms with Crippen molar-refractivity contribution in [3.8, 4) is 17.1 Å². The Bertz CT molecular complexity index is 1740. The van der Waals surface area contributed by atoms with Crippen molar-refractivity contribution >= 4 is 22.8 Å². The van der Waals surface area contributed by atoms with Gasteiger partial charge < -0.3 is 19.1 Å². The molecule has 4 heterocycles. The number of aliphatic hydroxyl groups is 1. The SMILES string of the molecule is CCc1c2c(nc3ccc(OC(=O)C(C)CCc4ccc(C)cc4)cc13)-c1cc3c(c(=O)n1C2)COC(=O)C3O. The summed E-state index contributed by atoms with van der Waals surface area (Å²) in [6, 6.07) is 15.4. The van der Waals surface area contributed by atoms with Gasteiger partial charge in [0.1, 0.15) is 12.4 Å². The molecule has 0 radical (unpaired) electrons. The van der Waals surface area contributed by atoms with Crippen molar-refractivity contribution in [2.45, 2.75) is 59.3 Å². The fourth-order valence-electron chi connectivity index (χ4n) is 5.63. The largest absolute Gasteiger partial charge is 0.458 e. The second-order valence-corrected chi connectivity index (χ2v) is 10.7. The second kappa shape index (κ2) is 10.0. The molecule has 0 spiro atoms. The lowest BCUT2D eigenvalue weighted by molar-refractivity contribution is -0.157. The summed E-state index contributed by atoms with van der Waals surface area (Å²) in [7, 11) is 0. The minimum atomic E-state index is -1.49. The van der Waals surface area contributed by atoms with Crippen molar-refractivity contribution in [1.29, 1.82) is 0 Å². The molecule has 0 fully saturated rings. The summed E-state index contributed by atoms with van der Waals surface area (Å²) in [4.78, 5) is 43.0. The van der Waals surface area contributed by atoms with E-state index >= 15 is 0 Å². The summed E-state index contributed by atoms with van der Waals surface area (Å²) in [5, 5.41) is 11.2. The first-order valence-electron chi connectivity index (χ1n) is 13.6. The van der Waals surface area contributed by atoms with E-state index in [0.717, 1.165) is 22.9 Å². The third kappa shape index (κ3) is 4.38. The van der Waals surface area contributed by atoms with E-state index in [2.05, 4.69) is 31.2 Å². The molecule has 4 aromatic rings. The highest BCUT2D eigenvalue weighted by Crippen LogP contribution is 2.38. The number of rotatable bonds is 6. The number of aromatic nitrogens is 2. The Morgan fingerprint density at radius 2 is 1.93 bits per heavy atom. The quantitative estimate of drug-likeness (QED) is 0.249. The molecule has 2 unspecified atom stereocenters. The molecule has 2 aliphatic heterocycles. The number of carbonyl (C=O) groups excluding carboxylic acids is 2. The van der Waals surface area contributed by atoms with Gasteiger partial charge in [-0.05, 0) is 61.6 Å². The number of esters is 2. The average Bonchev–Trinajstić information content (AvgIpc) is 3.32. The molecule has 2 aliphatic rings. The second-order valence-electron chi connectivity index (χ2n) is 10.7. The third-order valence-corrected chi connectivity index (χ3v) is 8.01. The van der Waals surface area contributed by atoms with Gasteiger partial charge in [-0.1, -0.05) is 43.7 Å². The normalized spacial score (nSPS) is 16.2. The number of carbonyl (C=O) groups is 2. The Labute approximate surface area is 231 Å². The number of pyridine rings is 2. The van der Waals surface area contributed by atoms with Crippen molar-refractivity contribution < 1.29 is 24.2 Å². The van der Waals surface area contributed by atoms with Crippen LogP contribution in [0.1, 0.15) is 59.8 Å². The molecule has 0 bridgehead atoms. The minimum Gasteiger partial charge on any atom is -0.458 e. The number of aliphatic hydroxyl groups excluding tert-OH is 1. The van der Waals surface area contributed by atoms with Gasteiger partial charge in [-0.25, -0.2) is 9.78 Å². The molecule has 0 aliphatic carbocycles. The number of nitrogens with zero attached hydrogens (tertiary/aromatic N) is 2. The van der Waals surface area contributed by atoms with E-state index in [0.29, 0.717) is 42.0 Å². The van der Waals surface area contributed by atoms with E-state index in [1.165, 1.54) is 11.1 Å². The van der Waals surface area contributed by atoms with Crippen molar-refractivity contribution in [1.82, 2.24) is 9.55 Å². The van der Waals surface area contributed by atoms with Crippen LogP contribution in [0.4, 0.5) is 0 Å². The van der Waals surface area contributed by atoms with E-state index in [1.807, 2.05) is 26.0 Å². The van der Waals surface area contributed by atoms with Crippen molar-refractivity contribution in [3.05, 3.63) is 92.3 Å². The van der Waals surface area contributed by atoms with E-state index in [-0.39, 0.29) is 35.2 Å². The van der Waals surface area contributed by atoms with Gasteiger partial charge in [0.25, 0.3) is 5.56 Å². The Balaban J connectivity index is 1.29. The van der Waals surface area contributed by atoms with Crippen LogP contribution < -0.4 is 10.3 Å². The molecular formula is C32H30N2O6. The topological polar surface area (TPSA) is 108 Å². The van der Waals surface area contributed by atoms with Gasteiger partial charge in [-0.15, -0.1) is 0 Å². The zero-order valence-electron chi connectivity index (χ0n) is 22.7. The first-order valence-corrected chi connectivity index (χ1v) is 13.6. The number of aryl methyl sites for hydroxylation is 3. The Hall–Kier alpha value is -4.30. The molecule has 1 N–H and O–H groups in total. The zero-order chi connectivity index (χ0) is 28.1. The molecule has 0 saturated heterocycles. The van der Waals surface area contributed by atoms with Crippen LogP contribution in [-0.4, -0.2) is 26.6 Å². The van der Waals surface area contributed by atoms with E-state index in [1.54, 1.807) is 16.7 Å². The fourth-order valence-corrected chi connectivity index (χ4v) is 5.63. The van der Waals surface area contributed by atoms with Gasteiger partial charge in [-0.3, -0.25) is 9.59 Å². The summed E-state index contributed by atoms with van der Waals surface area (Å²) in [6.07, 6.45) is 0.671. The minimum absolute atomic E-state index is 0.158. The van der Waals surface area contributed by atoms with Gasteiger partial charge in [0, 0.05) is 16.5 Å². The molecule has 8 heteroatoms. The maximum Gasteiger partial charge on any atom is 0.340 e. The van der Waals surface area contributed by atoms with E-state index in [4.69, 9.17) is 14.5 Å². The Morgan fingerprint density at radius 3 is 2.67 bits per heavy atom. The monoisotopic (exact) mass is 538 g/mol. The van der Waals surface area contributed by atoms with Crippen LogP contribution in [0.25, 0.3) is 22.3 Å². The smallest absolute Gasteiger partial charge is 0.340 e. The average molecular weight is 539 g/mol. The summed E-state index contributed by atoms with van der Waals surface area (Å²) < 4.78 is 12.4. The predicted molar refractivity (Wildman–Crippen MR) is 149 cm³/mol. The first-order chi connectivity index (χ1) is 19.2.